The van der Waals surface area contributed by atoms with Crippen LogP contribution in [0.2, 0.25) is 0 Å². The Hall–Kier alpha value is -1.40. The Kier molecular flexibility index (Phi) is 2.46. The van der Waals surface area contributed by atoms with E-state index in [-0.39, 0.29) is 11.0 Å². The van der Waals surface area contributed by atoms with Crippen molar-refractivity contribution in [2.24, 2.45) is 0 Å². The fraction of sp³-hybridized carbons (Fsp3) is 0.222. The fourth-order valence-electron chi connectivity index (χ4n) is 1.69. The molecule has 0 radical (unpaired) electrons. The van der Waals surface area contributed by atoms with Crippen LogP contribution in [0, 0.1) is 5.82 Å². The van der Waals surface area contributed by atoms with E-state index >= 15 is 0 Å². The van der Waals surface area contributed by atoms with Crippen LogP contribution < -0.4 is 10.8 Å². The van der Waals surface area contributed by atoms with Crippen molar-refractivity contribution in [3.8, 4) is 0 Å². The molecule has 1 aromatic carbocycles. The quantitative estimate of drug-likeness (QED) is 0.508. The van der Waals surface area contributed by atoms with E-state index in [0.717, 1.165) is 6.07 Å². The highest BCUT2D eigenvalue weighted by molar-refractivity contribution is 6.58. The molecule has 78 valence electrons. The average Bonchev–Trinajstić information content (AvgIpc) is 2.17. The molecule has 15 heavy (non-hydrogen) atoms. The molecule has 1 aliphatic rings. The van der Waals surface area contributed by atoms with Crippen LogP contribution in [-0.4, -0.2) is 29.6 Å². The van der Waals surface area contributed by atoms with Gasteiger partial charge >= 0.3 is 7.12 Å². The van der Waals surface area contributed by atoms with Crippen LogP contribution in [0.3, 0.4) is 0 Å². The predicted octanol–water partition coefficient (Wildman–Crippen LogP) is -1.21. The van der Waals surface area contributed by atoms with E-state index in [0.29, 0.717) is 18.5 Å². The van der Waals surface area contributed by atoms with Gasteiger partial charge in [0.15, 0.2) is 0 Å². The summed E-state index contributed by atoms with van der Waals surface area (Å²) in [4.78, 5) is 11.3. The van der Waals surface area contributed by atoms with Gasteiger partial charge in [-0.1, -0.05) is 6.07 Å². The molecule has 3 N–H and O–H groups in total. The Morgan fingerprint density at radius 2 is 2.13 bits per heavy atom. The molecule has 0 saturated heterocycles. The zero-order valence-corrected chi connectivity index (χ0v) is 7.83. The van der Waals surface area contributed by atoms with Gasteiger partial charge in [-0.2, -0.15) is 0 Å². The van der Waals surface area contributed by atoms with E-state index in [2.05, 4.69) is 5.32 Å². The molecule has 0 unspecified atom stereocenters. The first-order valence-corrected chi connectivity index (χ1v) is 4.56. The molecule has 1 aromatic rings. The maximum atomic E-state index is 13.5. The summed E-state index contributed by atoms with van der Waals surface area (Å²) >= 11 is 0. The van der Waals surface area contributed by atoms with E-state index in [9.17, 15) is 9.18 Å². The summed E-state index contributed by atoms with van der Waals surface area (Å²) < 4.78 is 13.5. The SMILES string of the molecule is O=C1NCCc2cc(B(O)O)cc(F)c21. The van der Waals surface area contributed by atoms with Crippen molar-refractivity contribution in [3.63, 3.8) is 0 Å². The molecule has 1 amide bonds. The molecule has 0 fully saturated rings. The van der Waals surface area contributed by atoms with Crippen LogP contribution in [0.25, 0.3) is 0 Å². The summed E-state index contributed by atoms with van der Waals surface area (Å²) in [6.45, 7) is 0.441. The summed E-state index contributed by atoms with van der Waals surface area (Å²) in [6, 6.07) is 2.41. The lowest BCUT2D eigenvalue weighted by molar-refractivity contribution is 0.0941. The van der Waals surface area contributed by atoms with Crippen LogP contribution in [0.5, 0.6) is 0 Å². The highest BCUT2D eigenvalue weighted by Gasteiger charge is 2.24. The van der Waals surface area contributed by atoms with Crippen LogP contribution in [0.1, 0.15) is 15.9 Å². The Bertz CT molecular complexity index is 422. The van der Waals surface area contributed by atoms with E-state index in [4.69, 9.17) is 10.0 Å². The Morgan fingerprint density at radius 3 is 2.80 bits per heavy atom. The first kappa shape index (κ1) is 10.1. The number of halogens is 1. The molecule has 0 aromatic heterocycles. The van der Waals surface area contributed by atoms with Gasteiger partial charge in [-0.25, -0.2) is 4.39 Å². The fourth-order valence-corrected chi connectivity index (χ4v) is 1.69. The van der Waals surface area contributed by atoms with Gasteiger partial charge in [0.2, 0.25) is 0 Å². The van der Waals surface area contributed by atoms with Crippen molar-refractivity contribution in [1.82, 2.24) is 5.32 Å². The summed E-state index contributed by atoms with van der Waals surface area (Å²) in [5.41, 5.74) is 0.591. The Labute approximate surface area is 85.9 Å². The lowest BCUT2D eigenvalue weighted by Crippen LogP contribution is -2.37. The summed E-state index contributed by atoms with van der Waals surface area (Å²) in [7, 11) is -1.71. The minimum atomic E-state index is -1.71. The topological polar surface area (TPSA) is 69.6 Å². The Balaban J connectivity index is 2.55. The van der Waals surface area contributed by atoms with Crippen molar-refractivity contribution in [3.05, 3.63) is 29.1 Å². The number of benzene rings is 1. The van der Waals surface area contributed by atoms with Gasteiger partial charge in [0.25, 0.3) is 5.91 Å². The molecular formula is C9H9BFNO3. The molecule has 0 atom stereocenters. The monoisotopic (exact) mass is 209 g/mol. The van der Waals surface area contributed by atoms with Crippen LogP contribution in [0.4, 0.5) is 4.39 Å². The first-order chi connectivity index (χ1) is 7.09. The summed E-state index contributed by atoms with van der Waals surface area (Å²) in [6.07, 6.45) is 0.499. The molecule has 0 bridgehead atoms. The second-order valence-electron chi connectivity index (χ2n) is 3.42. The van der Waals surface area contributed by atoms with Gasteiger partial charge in [-0.05, 0) is 23.5 Å². The van der Waals surface area contributed by atoms with Crippen LogP contribution >= 0.6 is 0 Å². The number of nitrogens with one attached hydrogen (secondary N) is 1. The van der Waals surface area contributed by atoms with Crippen molar-refractivity contribution in [2.45, 2.75) is 6.42 Å². The highest BCUT2D eigenvalue weighted by Crippen LogP contribution is 2.16. The zero-order chi connectivity index (χ0) is 11.0. The third kappa shape index (κ3) is 1.73. The normalized spacial score (nSPS) is 14.5. The molecule has 0 aliphatic carbocycles. The summed E-state index contributed by atoms with van der Waals surface area (Å²) in [5, 5.41) is 20.3. The molecular weight excluding hydrogens is 200 g/mol. The molecule has 2 rings (SSSR count). The van der Waals surface area contributed by atoms with Crippen LogP contribution in [-0.2, 0) is 6.42 Å². The number of carbonyl (C=O) groups excluding carboxylic acids is 1. The molecule has 1 aliphatic heterocycles. The number of carbonyl (C=O) groups is 1. The third-order valence-corrected chi connectivity index (χ3v) is 2.40. The lowest BCUT2D eigenvalue weighted by Gasteiger charge is -2.17. The second-order valence-corrected chi connectivity index (χ2v) is 3.42. The van der Waals surface area contributed by atoms with E-state index in [1.807, 2.05) is 0 Å². The van der Waals surface area contributed by atoms with Crippen molar-refractivity contribution < 1.29 is 19.2 Å². The molecule has 0 saturated carbocycles. The standard InChI is InChI=1S/C9H9BFNO3/c11-7-4-6(10(14)15)3-5-1-2-12-9(13)8(5)7/h3-4,14-15H,1-2H2,(H,12,13). The van der Waals surface area contributed by atoms with Crippen molar-refractivity contribution in [1.29, 1.82) is 0 Å². The van der Waals surface area contributed by atoms with Crippen molar-refractivity contribution in [2.75, 3.05) is 6.54 Å². The second kappa shape index (κ2) is 3.64. The minimum Gasteiger partial charge on any atom is -0.423 e. The Morgan fingerprint density at radius 1 is 1.40 bits per heavy atom. The average molecular weight is 209 g/mol. The highest BCUT2D eigenvalue weighted by atomic mass is 19.1. The predicted molar refractivity (Wildman–Crippen MR) is 52.3 cm³/mol. The number of fused-ring (bicyclic) bond motifs is 1. The van der Waals surface area contributed by atoms with E-state index in [1.165, 1.54) is 6.07 Å². The van der Waals surface area contributed by atoms with Gasteiger partial charge in [0.1, 0.15) is 5.82 Å². The number of hydrogen-bond donors (Lipinski definition) is 3. The largest absolute Gasteiger partial charge is 0.488 e. The molecule has 1 heterocycles. The third-order valence-electron chi connectivity index (χ3n) is 2.40. The van der Waals surface area contributed by atoms with Gasteiger partial charge < -0.3 is 15.4 Å². The first-order valence-electron chi connectivity index (χ1n) is 4.56. The number of amides is 1. The smallest absolute Gasteiger partial charge is 0.423 e. The molecule has 0 spiro atoms. The van der Waals surface area contributed by atoms with E-state index < -0.39 is 18.8 Å². The van der Waals surface area contributed by atoms with Gasteiger partial charge in [0.05, 0.1) is 5.56 Å². The summed E-state index contributed by atoms with van der Waals surface area (Å²) in [5.74, 6) is -1.17. The number of rotatable bonds is 1. The van der Waals surface area contributed by atoms with Gasteiger partial charge in [0, 0.05) is 6.54 Å². The molecule has 6 heteroatoms. The van der Waals surface area contributed by atoms with E-state index in [1.54, 1.807) is 0 Å². The van der Waals surface area contributed by atoms with Gasteiger partial charge in [-0.15, -0.1) is 0 Å². The van der Waals surface area contributed by atoms with Gasteiger partial charge in [-0.3, -0.25) is 4.79 Å². The zero-order valence-electron chi connectivity index (χ0n) is 7.83. The molecule has 4 nitrogen and oxygen atoms in total. The lowest BCUT2D eigenvalue weighted by atomic mass is 9.78. The number of hydrogen-bond acceptors (Lipinski definition) is 3. The van der Waals surface area contributed by atoms with Crippen LogP contribution in [0.15, 0.2) is 12.1 Å². The minimum absolute atomic E-state index is 0.00523. The van der Waals surface area contributed by atoms with Crippen molar-refractivity contribution >= 4 is 18.5 Å². The maximum absolute atomic E-state index is 13.5. The maximum Gasteiger partial charge on any atom is 0.488 e.